The van der Waals surface area contributed by atoms with Crippen LogP contribution in [0.1, 0.15) is 79.7 Å². The predicted octanol–water partition coefficient (Wildman–Crippen LogP) is 5.66. The fraction of sp³-hybridized carbons (Fsp3) is 0.654. The third kappa shape index (κ3) is 5.43. The first-order valence-electron chi connectivity index (χ1n) is 12.4. The molecule has 31 heavy (non-hydrogen) atoms. The first-order valence-corrected chi connectivity index (χ1v) is 12.4. The molecule has 0 spiro atoms. The van der Waals surface area contributed by atoms with Gasteiger partial charge in [-0.3, -0.25) is 10.2 Å². The molecule has 4 aliphatic carbocycles. The molecule has 6 rings (SSSR count). The van der Waals surface area contributed by atoms with Crippen LogP contribution in [0, 0.1) is 30.6 Å². The Bertz CT molecular complexity index is 785. The molecule has 0 atom stereocenters. The Hall–Kier alpha value is -2.01. The number of hydrogen-bond donors (Lipinski definition) is 3. The van der Waals surface area contributed by atoms with Gasteiger partial charge in [-0.25, -0.2) is 5.01 Å². The number of aromatic amines is 1. The Morgan fingerprint density at radius 2 is 1.68 bits per heavy atom. The smallest absolute Gasteiger partial charge is 0.267 e. The molecule has 1 saturated heterocycles. The number of aryl methyl sites for hydroxylation is 1. The number of fused-ring (bicyclic) bond motifs is 1. The van der Waals surface area contributed by atoms with Gasteiger partial charge in [0.1, 0.15) is 0 Å². The number of nitrogens with one attached hydrogen (secondary N) is 2. The summed E-state index contributed by atoms with van der Waals surface area (Å²) in [4.78, 5) is 15.4. The maximum atomic E-state index is 12.3. The highest BCUT2D eigenvalue weighted by molar-refractivity contribution is 6.03. The van der Waals surface area contributed by atoms with Crippen molar-refractivity contribution in [1.29, 1.82) is 0 Å². The fourth-order valence-electron chi connectivity index (χ4n) is 6.49. The quantitative estimate of drug-likeness (QED) is 0.426. The van der Waals surface area contributed by atoms with Crippen molar-refractivity contribution in [3.63, 3.8) is 0 Å². The predicted molar refractivity (Wildman–Crippen MR) is 133 cm³/mol. The van der Waals surface area contributed by atoms with Gasteiger partial charge >= 0.3 is 0 Å². The van der Waals surface area contributed by atoms with Crippen LogP contribution in [0.25, 0.3) is 5.70 Å². The number of piperidine rings is 1. The largest absolute Gasteiger partial charge is 0.398 e. The van der Waals surface area contributed by atoms with Crippen molar-refractivity contribution in [2.45, 2.75) is 71.1 Å². The van der Waals surface area contributed by atoms with Gasteiger partial charge in [0, 0.05) is 34.8 Å². The van der Waals surface area contributed by atoms with Gasteiger partial charge in [0.15, 0.2) is 0 Å². The van der Waals surface area contributed by atoms with E-state index in [0.29, 0.717) is 11.3 Å². The molecular formula is C26H46N4O. The highest BCUT2D eigenvalue weighted by Crippen LogP contribution is 2.50. The maximum Gasteiger partial charge on any atom is 0.267 e. The van der Waals surface area contributed by atoms with Crippen LogP contribution in [0.4, 0.5) is 0 Å². The molecule has 1 aromatic rings. The van der Waals surface area contributed by atoms with Crippen LogP contribution in [0.5, 0.6) is 0 Å². The number of hydrogen-bond acceptors (Lipinski definition) is 3. The lowest BCUT2D eigenvalue weighted by Gasteiger charge is -2.38. The molecule has 1 amide bonds. The molecule has 2 heterocycles. The lowest BCUT2D eigenvalue weighted by Crippen LogP contribution is -2.45. The van der Waals surface area contributed by atoms with E-state index < -0.39 is 0 Å². The molecule has 0 unspecified atom stereocenters. The standard InChI is InChI=1S/C15H22N4O.C11H18.3H2/c1-3-12(14(16)13-7-8-17-11(13)2)15(20)18-19-9-5-4-6-10-19;1-2-9-5-10-3-8(1)4-11(6-9)7-10;;;/h3,7-8,17H,1,4-6,9-10,16H2,2H3,(H,18,20);8-11H,1-7H2;3*1H/b14-12-;;;;. The summed E-state index contributed by atoms with van der Waals surface area (Å²) in [6, 6.07) is 1.86. The van der Waals surface area contributed by atoms with Gasteiger partial charge in [0.2, 0.25) is 0 Å². The van der Waals surface area contributed by atoms with Crippen molar-refractivity contribution in [2.24, 2.45) is 29.4 Å². The van der Waals surface area contributed by atoms with Crippen molar-refractivity contribution >= 4 is 11.6 Å². The van der Waals surface area contributed by atoms with Gasteiger partial charge in [-0.2, -0.15) is 0 Å². The number of carbonyl (C=O) groups excluding carboxylic acids is 1. The summed E-state index contributed by atoms with van der Waals surface area (Å²) < 4.78 is 0. The third-order valence-corrected chi connectivity index (χ3v) is 7.92. The van der Waals surface area contributed by atoms with Crippen LogP contribution in [0.2, 0.25) is 0 Å². The summed E-state index contributed by atoms with van der Waals surface area (Å²) in [5, 5.41) is 1.95. The zero-order valence-electron chi connectivity index (χ0n) is 19.2. The van der Waals surface area contributed by atoms with E-state index in [0.717, 1.165) is 49.0 Å². The zero-order chi connectivity index (χ0) is 21.8. The molecule has 5 fully saturated rings. The monoisotopic (exact) mass is 430 g/mol. The van der Waals surface area contributed by atoms with Gasteiger partial charge < -0.3 is 10.7 Å². The second-order valence-electron chi connectivity index (χ2n) is 10.3. The molecule has 4 N–H and O–H groups in total. The summed E-state index contributed by atoms with van der Waals surface area (Å²) in [5.41, 5.74) is 11.7. The average Bonchev–Trinajstić information content (AvgIpc) is 3.07. The number of amides is 1. The van der Waals surface area contributed by atoms with Crippen LogP contribution in [-0.4, -0.2) is 29.0 Å². The second kappa shape index (κ2) is 10.1. The number of carbonyl (C=O) groups is 1. The molecule has 5 aliphatic rings. The highest BCUT2D eigenvalue weighted by Gasteiger charge is 2.38. The SMILES string of the molecule is C1CC2CC3CC1CC(C2)C3.C=C/C(C(=O)NN1CCCCC1)=C(/N)c1cc[nH]c1C.[HH].[HH].[HH]. The molecule has 0 aromatic carbocycles. The Morgan fingerprint density at radius 3 is 2.19 bits per heavy atom. The number of aromatic nitrogens is 1. The van der Waals surface area contributed by atoms with Gasteiger partial charge in [0.25, 0.3) is 5.91 Å². The maximum absolute atomic E-state index is 12.3. The van der Waals surface area contributed by atoms with Crippen LogP contribution in [0.15, 0.2) is 30.5 Å². The molecule has 5 heteroatoms. The number of rotatable bonds is 4. The number of H-pyrrole nitrogens is 1. The summed E-state index contributed by atoms with van der Waals surface area (Å²) >= 11 is 0. The molecular weight excluding hydrogens is 384 g/mol. The molecule has 4 bridgehead atoms. The number of nitrogens with zero attached hydrogens (tertiary/aromatic N) is 1. The summed E-state index contributed by atoms with van der Waals surface area (Å²) in [6.07, 6.45) is 17.9. The minimum absolute atomic E-state index is 0. The minimum atomic E-state index is -0.194. The van der Waals surface area contributed by atoms with E-state index in [9.17, 15) is 4.79 Å². The van der Waals surface area contributed by atoms with Crippen LogP contribution < -0.4 is 11.2 Å². The Kier molecular flexibility index (Phi) is 7.21. The molecule has 176 valence electrons. The van der Waals surface area contributed by atoms with Crippen molar-refractivity contribution < 1.29 is 9.07 Å². The summed E-state index contributed by atoms with van der Waals surface area (Å²) in [5.74, 6) is 4.46. The van der Waals surface area contributed by atoms with E-state index in [2.05, 4.69) is 17.0 Å². The summed E-state index contributed by atoms with van der Waals surface area (Å²) in [7, 11) is 0. The lowest BCUT2D eigenvalue weighted by atomic mass is 9.68. The Morgan fingerprint density at radius 1 is 1.10 bits per heavy atom. The summed E-state index contributed by atoms with van der Waals surface area (Å²) in [6.45, 7) is 7.41. The van der Waals surface area contributed by atoms with E-state index in [1.807, 2.05) is 18.0 Å². The Labute approximate surface area is 192 Å². The van der Waals surface area contributed by atoms with E-state index in [1.165, 1.54) is 24.3 Å². The van der Waals surface area contributed by atoms with Crippen LogP contribution in [0.3, 0.4) is 0 Å². The van der Waals surface area contributed by atoms with Crippen LogP contribution in [-0.2, 0) is 4.79 Å². The fourth-order valence-corrected chi connectivity index (χ4v) is 6.49. The van der Waals surface area contributed by atoms with Gasteiger partial charge in [0.05, 0.1) is 11.3 Å². The third-order valence-electron chi connectivity index (χ3n) is 7.92. The molecule has 4 saturated carbocycles. The van der Waals surface area contributed by atoms with E-state index in [-0.39, 0.29) is 10.2 Å². The van der Waals surface area contributed by atoms with Crippen molar-refractivity contribution in [3.05, 3.63) is 41.7 Å². The molecule has 1 aliphatic heterocycles. The first-order chi connectivity index (χ1) is 15.0. The van der Waals surface area contributed by atoms with Crippen molar-refractivity contribution in [1.82, 2.24) is 15.4 Å². The lowest BCUT2D eigenvalue weighted by molar-refractivity contribution is -0.122. The van der Waals surface area contributed by atoms with Crippen LogP contribution >= 0.6 is 0 Å². The molecule has 0 radical (unpaired) electrons. The molecule has 1 aromatic heterocycles. The highest BCUT2D eigenvalue weighted by atomic mass is 16.2. The Balaban J connectivity index is 0.000000351. The topological polar surface area (TPSA) is 74.2 Å². The minimum Gasteiger partial charge on any atom is -0.398 e. The van der Waals surface area contributed by atoms with Gasteiger partial charge in [-0.15, -0.1) is 0 Å². The average molecular weight is 431 g/mol. The van der Waals surface area contributed by atoms with Crippen molar-refractivity contribution in [3.8, 4) is 0 Å². The second-order valence-corrected chi connectivity index (χ2v) is 10.3. The van der Waals surface area contributed by atoms with Gasteiger partial charge in [-0.1, -0.05) is 31.9 Å². The number of nitrogens with two attached hydrogens (primary N) is 1. The van der Waals surface area contributed by atoms with Crippen molar-refractivity contribution in [2.75, 3.05) is 13.1 Å². The first kappa shape index (κ1) is 22.2. The zero-order valence-corrected chi connectivity index (χ0v) is 19.2. The normalized spacial score (nSPS) is 30.6. The van der Waals surface area contributed by atoms with Gasteiger partial charge in [-0.05, 0) is 81.6 Å². The van der Waals surface area contributed by atoms with E-state index >= 15 is 0 Å². The van der Waals surface area contributed by atoms with E-state index in [4.69, 9.17) is 5.73 Å². The number of hydrazine groups is 1. The van der Waals surface area contributed by atoms with E-state index in [1.54, 1.807) is 51.1 Å². The molecule has 5 nitrogen and oxygen atoms in total.